The second-order valence-corrected chi connectivity index (χ2v) is 7.11. The number of nitrogens with zero attached hydrogens (tertiary/aromatic N) is 2. The maximum Gasteiger partial charge on any atom is 0.109 e. The van der Waals surface area contributed by atoms with Crippen LogP contribution in [0.15, 0.2) is 9.98 Å². The Morgan fingerprint density at radius 1 is 1.31 bits per heavy atom. The molecule has 3 atom stereocenters. The minimum absolute atomic E-state index is 0.0847. The number of rotatable bonds is 1. The summed E-state index contributed by atoms with van der Waals surface area (Å²) in [5, 5.41) is 0. The van der Waals surface area contributed by atoms with Gasteiger partial charge >= 0.3 is 0 Å². The molecule has 1 heterocycles. The van der Waals surface area contributed by atoms with Crippen molar-refractivity contribution < 1.29 is 0 Å². The number of fused-ring (bicyclic) bond motifs is 1. The summed E-state index contributed by atoms with van der Waals surface area (Å²) in [6, 6.07) is 0.468. The molecule has 2 rings (SSSR count). The lowest BCUT2D eigenvalue weighted by Crippen LogP contribution is -2.36. The molecule has 0 amide bonds. The molecule has 3 heteroatoms. The van der Waals surface area contributed by atoms with Gasteiger partial charge in [-0.25, -0.2) is 4.99 Å². The van der Waals surface area contributed by atoms with Crippen LogP contribution in [0.2, 0.25) is 0 Å². The van der Waals surface area contributed by atoms with E-state index in [0.717, 1.165) is 0 Å². The fraction of sp³-hybridized carbons (Fsp3) is 0.846. The third-order valence-corrected chi connectivity index (χ3v) is 5.13. The number of thiol groups is 1. The largest absolute Gasteiger partial charge is 0.270 e. The van der Waals surface area contributed by atoms with Crippen LogP contribution in [0.25, 0.3) is 0 Å². The molecule has 1 aliphatic carbocycles. The Hall–Kier alpha value is -0.310. The fourth-order valence-corrected chi connectivity index (χ4v) is 2.95. The average molecular weight is 238 g/mol. The Kier molecular flexibility index (Phi) is 3.17. The van der Waals surface area contributed by atoms with E-state index in [-0.39, 0.29) is 4.75 Å². The SMILES string of the molecule is CC(C)(S)C1(C)CCC2C=NC=NC2CC1. The molecule has 0 aromatic heterocycles. The van der Waals surface area contributed by atoms with Crippen LogP contribution in [0.5, 0.6) is 0 Å². The van der Waals surface area contributed by atoms with Gasteiger partial charge in [0.2, 0.25) is 0 Å². The first-order chi connectivity index (χ1) is 7.42. The van der Waals surface area contributed by atoms with E-state index < -0.39 is 0 Å². The first-order valence-corrected chi connectivity index (χ1v) is 6.64. The quantitative estimate of drug-likeness (QED) is 0.678. The van der Waals surface area contributed by atoms with Gasteiger partial charge < -0.3 is 0 Å². The topological polar surface area (TPSA) is 24.7 Å². The third kappa shape index (κ3) is 2.20. The molecule has 1 fully saturated rings. The van der Waals surface area contributed by atoms with Crippen LogP contribution in [0.4, 0.5) is 0 Å². The normalized spacial score (nSPS) is 39.2. The summed E-state index contributed by atoms with van der Waals surface area (Å²) < 4.78 is 0.0847. The van der Waals surface area contributed by atoms with E-state index in [9.17, 15) is 0 Å². The summed E-state index contributed by atoms with van der Waals surface area (Å²) in [5.74, 6) is 0.558. The molecule has 2 nitrogen and oxygen atoms in total. The van der Waals surface area contributed by atoms with Gasteiger partial charge in [-0.05, 0) is 31.1 Å². The van der Waals surface area contributed by atoms with Crippen molar-refractivity contribution in [2.24, 2.45) is 21.3 Å². The van der Waals surface area contributed by atoms with Crippen molar-refractivity contribution in [2.75, 3.05) is 0 Å². The molecule has 0 N–H and O–H groups in total. The van der Waals surface area contributed by atoms with Gasteiger partial charge in [0.1, 0.15) is 6.34 Å². The molecule has 2 aliphatic rings. The number of hydrogen-bond donors (Lipinski definition) is 1. The van der Waals surface area contributed by atoms with E-state index in [1.165, 1.54) is 25.7 Å². The van der Waals surface area contributed by atoms with E-state index >= 15 is 0 Å². The molecule has 0 aromatic rings. The van der Waals surface area contributed by atoms with E-state index in [1.807, 2.05) is 0 Å². The highest BCUT2D eigenvalue weighted by atomic mass is 32.1. The standard InChI is InChI=1S/C13H22N2S/c1-12(2,16)13(3)6-4-10-8-14-9-15-11(10)5-7-13/h8-11,16H,4-7H2,1-3H3. The molecular formula is C13H22N2S. The maximum absolute atomic E-state index is 4.79. The highest BCUT2D eigenvalue weighted by Crippen LogP contribution is 2.47. The highest BCUT2D eigenvalue weighted by molar-refractivity contribution is 7.81. The van der Waals surface area contributed by atoms with E-state index in [4.69, 9.17) is 12.6 Å². The molecule has 1 aliphatic heterocycles. The molecule has 0 bridgehead atoms. The lowest BCUT2D eigenvalue weighted by molar-refractivity contribution is 0.213. The van der Waals surface area contributed by atoms with Gasteiger partial charge in [0.05, 0.1) is 6.04 Å². The van der Waals surface area contributed by atoms with Gasteiger partial charge in [-0.3, -0.25) is 4.99 Å². The Morgan fingerprint density at radius 2 is 2.00 bits per heavy atom. The van der Waals surface area contributed by atoms with Gasteiger partial charge in [0.25, 0.3) is 0 Å². The molecule has 0 aromatic carbocycles. The fourth-order valence-electron chi connectivity index (χ4n) is 2.73. The monoisotopic (exact) mass is 238 g/mol. The Bertz CT molecular complexity index is 292. The van der Waals surface area contributed by atoms with Crippen LogP contribution >= 0.6 is 12.6 Å². The second kappa shape index (κ2) is 4.17. The van der Waals surface area contributed by atoms with Crippen molar-refractivity contribution >= 4 is 25.2 Å². The summed E-state index contributed by atoms with van der Waals surface area (Å²) in [7, 11) is 0. The highest BCUT2D eigenvalue weighted by Gasteiger charge is 2.41. The first-order valence-electron chi connectivity index (χ1n) is 6.20. The zero-order valence-electron chi connectivity index (χ0n) is 10.5. The third-order valence-electron chi connectivity index (χ3n) is 4.59. The van der Waals surface area contributed by atoms with Gasteiger partial charge in [0, 0.05) is 16.9 Å². The van der Waals surface area contributed by atoms with Crippen molar-refractivity contribution in [3.05, 3.63) is 0 Å². The second-order valence-electron chi connectivity index (χ2n) is 5.99. The van der Waals surface area contributed by atoms with Crippen LogP contribution < -0.4 is 0 Å². The zero-order chi connectivity index (χ0) is 11.8. The molecule has 0 spiro atoms. The zero-order valence-corrected chi connectivity index (χ0v) is 11.4. The Balaban J connectivity index is 2.14. The van der Waals surface area contributed by atoms with Gasteiger partial charge in [-0.2, -0.15) is 12.6 Å². The summed E-state index contributed by atoms with van der Waals surface area (Å²) >= 11 is 4.79. The molecule has 16 heavy (non-hydrogen) atoms. The van der Waals surface area contributed by atoms with E-state index in [1.54, 1.807) is 6.34 Å². The molecule has 3 unspecified atom stereocenters. The predicted molar refractivity (Wildman–Crippen MR) is 73.9 cm³/mol. The van der Waals surface area contributed by atoms with Crippen LogP contribution in [-0.2, 0) is 0 Å². The lowest BCUT2D eigenvalue weighted by Gasteiger charge is -2.40. The summed E-state index contributed by atoms with van der Waals surface area (Å²) in [5.41, 5.74) is 0.316. The smallest absolute Gasteiger partial charge is 0.109 e. The summed E-state index contributed by atoms with van der Waals surface area (Å²) in [6.45, 7) is 6.85. The molecule has 1 saturated carbocycles. The van der Waals surface area contributed by atoms with Crippen LogP contribution in [-0.4, -0.2) is 23.3 Å². The van der Waals surface area contributed by atoms with E-state index in [0.29, 0.717) is 17.4 Å². The molecule has 0 radical (unpaired) electrons. The predicted octanol–water partition coefficient (Wildman–Crippen LogP) is 3.37. The molecular weight excluding hydrogens is 216 g/mol. The maximum atomic E-state index is 4.79. The lowest BCUT2D eigenvalue weighted by atomic mass is 9.72. The molecule has 90 valence electrons. The average Bonchev–Trinajstić information content (AvgIpc) is 2.39. The summed E-state index contributed by atoms with van der Waals surface area (Å²) in [6.07, 6.45) is 8.63. The minimum Gasteiger partial charge on any atom is -0.270 e. The minimum atomic E-state index is 0.0847. The van der Waals surface area contributed by atoms with Gasteiger partial charge in [-0.15, -0.1) is 0 Å². The van der Waals surface area contributed by atoms with E-state index in [2.05, 4.69) is 37.0 Å². The Morgan fingerprint density at radius 3 is 2.69 bits per heavy atom. The van der Waals surface area contributed by atoms with Crippen molar-refractivity contribution in [1.29, 1.82) is 0 Å². The van der Waals surface area contributed by atoms with Crippen LogP contribution in [0, 0.1) is 11.3 Å². The van der Waals surface area contributed by atoms with Crippen LogP contribution in [0.3, 0.4) is 0 Å². The van der Waals surface area contributed by atoms with Crippen molar-refractivity contribution in [2.45, 2.75) is 57.2 Å². The number of aliphatic imine (C=N–C) groups is 2. The van der Waals surface area contributed by atoms with Crippen LogP contribution in [0.1, 0.15) is 46.5 Å². The van der Waals surface area contributed by atoms with Gasteiger partial charge in [0.15, 0.2) is 0 Å². The van der Waals surface area contributed by atoms with Crippen molar-refractivity contribution in [1.82, 2.24) is 0 Å². The Labute approximate surface area is 104 Å². The first kappa shape index (κ1) is 12.2. The van der Waals surface area contributed by atoms with Crippen molar-refractivity contribution in [3.63, 3.8) is 0 Å². The number of hydrogen-bond acceptors (Lipinski definition) is 3. The van der Waals surface area contributed by atoms with Gasteiger partial charge in [-0.1, -0.05) is 20.8 Å². The van der Waals surface area contributed by atoms with Crippen molar-refractivity contribution in [3.8, 4) is 0 Å². The summed E-state index contributed by atoms with van der Waals surface area (Å²) in [4.78, 5) is 8.69. The molecule has 0 saturated heterocycles.